The van der Waals surface area contributed by atoms with Crippen LogP contribution >= 0.6 is 15.9 Å². The van der Waals surface area contributed by atoms with Crippen molar-refractivity contribution < 1.29 is 17.9 Å². The zero-order valence-electron chi connectivity index (χ0n) is 10.7. The summed E-state index contributed by atoms with van der Waals surface area (Å²) >= 11 is 3.12. The Morgan fingerprint density at radius 1 is 1.25 bits per heavy atom. The summed E-state index contributed by atoms with van der Waals surface area (Å²) < 4.78 is 41.2. The maximum atomic E-state index is 14.0. The lowest BCUT2D eigenvalue weighted by molar-refractivity contribution is 0.0768. The molecule has 2 aliphatic heterocycles. The van der Waals surface area contributed by atoms with Gasteiger partial charge in [0.05, 0.1) is 6.10 Å². The van der Waals surface area contributed by atoms with Crippen molar-refractivity contribution >= 4 is 26.0 Å². The van der Waals surface area contributed by atoms with Crippen LogP contribution in [0.25, 0.3) is 0 Å². The Labute approximate surface area is 125 Å². The molecule has 20 heavy (non-hydrogen) atoms. The van der Waals surface area contributed by atoms with Crippen LogP contribution in [-0.2, 0) is 10.0 Å². The highest BCUT2D eigenvalue weighted by Gasteiger charge is 2.47. The van der Waals surface area contributed by atoms with Crippen LogP contribution in [0.1, 0.15) is 25.7 Å². The van der Waals surface area contributed by atoms with Gasteiger partial charge in [-0.05, 0) is 43.9 Å². The van der Waals surface area contributed by atoms with Crippen molar-refractivity contribution in [2.45, 2.75) is 48.8 Å². The molecule has 110 valence electrons. The lowest BCUT2D eigenvalue weighted by Crippen LogP contribution is -2.48. The molecule has 0 radical (unpaired) electrons. The van der Waals surface area contributed by atoms with Crippen LogP contribution in [0, 0.1) is 5.82 Å². The molecule has 1 aromatic rings. The molecule has 1 N–H and O–H groups in total. The lowest BCUT2D eigenvalue weighted by atomic mass is 10.0. The number of hydrogen-bond donors (Lipinski definition) is 1. The summed E-state index contributed by atoms with van der Waals surface area (Å²) in [7, 11) is -3.84. The number of fused-ring (bicyclic) bond motifs is 2. The highest BCUT2D eigenvalue weighted by Crippen LogP contribution is 2.40. The third-order valence-corrected chi connectivity index (χ3v) is 6.62. The molecule has 2 aliphatic rings. The molecule has 0 amide bonds. The van der Waals surface area contributed by atoms with Gasteiger partial charge in [0.25, 0.3) is 0 Å². The fourth-order valence-corrected chi connectivity index (χ4v) is 5.57. The van der Waals surface area contributed by atoms with Gasteiger partial charge in [0.15, 0.2) is 0 Å². The van der Waals surface area contributed by atoms with Crippen LogP contribution in [0.5, 0.6) is 0 Å². The van der Waals surface area contributed by atoms with Gasteiger partial charge in [0, 0.05) is 16.6 Å². The molecule has 2 heterocycles. The van der Waals surface area contributed by atoms with Crippen molar-refractivity contribution in [3.8, 4) is 0 Å². The van der Waals surface area contributed by atoms with E-state index in [1.807, 2.05) is 0 Å². The first-order chi connectivity index (χ1) is 9.39. The zero-order valence-corrected chi connectivity index (χ0v) is 13.1. The summed E-state index contributed by atoms with van der Waals surface area (Å²) in [5.74, 6) is -0.745. The number of nitrogens with zero attached hydrogens (tertiary/aromatic N) is 1. The minimum absolute atomic E-state index is 0.211. The van der Waals surface area contributed by atoms with Gasteiger partial charge in [0.2, 0.25) is 10.0 Å². The largest absolute Gasteiger partial charge is 0.393 e. The molecule has 1 aromatic carbocycles. The van der Waals surface area contributed by atoms with Crippen LogP contribution in [0.15, 0.2) is 27.6 Å². The Kier molecular flexibility index (Phi) is 3.64. The van der Waals surface area contributed by atoms with Gasteiger partial charge in [-0.15, -0.1) is 0 Å². The maximum Gasteiger partial charge on any atom is 0.246 e. The first-order valence-electron chi connectivity index (χ1n) is 6.56. The number of piperidine rings is 1. The van der Waals surface area contributed by atoms with Crippen LogP contribution in [0.3, 0.4) is 0 Å². The number of sulfonamides is 1. The number of aliphatic hydroxyl groups is 1. The second-order valence-corrected chi connectivity index (χ2v) is 8.15. The van der Waals surface area contributed by atoms with Gasteiger partial charge in [-0.25, -0.2) is 12.8 Å². The van der Waals surface area contributed by atoms with Crippen molar-refractivity contribution in [1.82, 2.24) is 4.31 Å². The molecule has 0 spiro atoms. The Bertz CT molecular complexity index is 623. The van der Waals surface area contributed by atoms with E-state index >= 15 is 0 Å². The topological polar surface area (TPSA) is 57.6 Å². The monoisotopic (exact) mass is 363 g/mol. The molecule has 2 fully saturated rings. The number of aliphatic hydroxyl groups excluding tert-OH is 1. The third kappa shape index (κ3) is 2.30. The predicted molar refractivity (Wildman–Crippen MR) is 75.2 cm³/mol. The van der Waals surface area contributed by atoms with E-state index in [-0.39, 0.29) is 17.0 Å². The summed E-state index contributed by atoms with van der Waals surface area (Å²) in [6.07, 6.45) is 1.90. The maximum absolute atomic E-state index is 14.0. The number of rotatable bonds is 2. The van der Waals surface area contributed by atoms with Gasteiger partial charge < -0.3 is 5.11 Å². The molecule has 2 atom stereocenters. The predicted octanol–water partition coefficient (Wildman–Crippen LogP) is 2.26. The molecule has 0 saturated carbocycles. The Morgan fingerprint density at radius 2 is 1.85 bits per heavy atom. The molecule has 0 aliphatic carbocycles. The van der Waals surface area contributed by atoms with E-state index in [1.54, 1.807) is 0 Å². The fraction of sp³-hybridized carbons (Fsp3) is 0.538. The summed E-state index contributed by atoms with van der Waals surface area (Å²) in [5.41, 5.74) is 0. The first-order valence-corrected chi connectivity index (χ1v) is 8.79. The second kappa shape index (κ2) is 5.05. The Hall–Kier alpha value is -0.500. The van der Waals surface area contributed by atoms with Crippen molar-refractivity contribution in [3.63, 3.8) is 0 Å². The van der Waals surface area contributed by atoms with Gasteiger partial charge in [0.1, 0.15) is 10.7 Å². The van der Waals surface area contributed by atoms with Crippen molar-refractivity contribution in [2.75, 3.05) is 0 Å². The highest BCUT2D eigenvalue weighted by atomic mass is 79.9. The normalized spacial score (nSPS) is 30.6. The van der Waals surface area contributed by atoms with E-state index in [0.29, 0.717) is 17.3 Å². The van der Waals surface area contributed by atoms with E-state index in [0.717, 1.165) is 18.9 Å². The van der Waals surface area contributed by atoms with Gasteiger partial charge in [-0.2, -0.15) is 4.31 Å². The molecule has 2 bridgehead atoms. The SMILES string of the molecule is O=S(=O)(c1ccc(Br)cc1F)N1C2CCC1CC(O)C2. The van der Waals surface area contributed by atoms with Crippen molar-refractivity contribution in [2.24, 2.45) is 0 Å². The quantitative estimate of drug-likeness (QED) is 0.876. The van der Waals surface area contributed by atoms with E-state index in [2.05, 4.69) is 15.9 Å². The van der Waals surface area contributed by atoms with Gasteiger partial charge in [-0.3, -0.25) is 0 Å². The first kappa shape index (κ1) is 14.4. The summed E-state index contributed by atoms with van der Waals surface area (Å²) in [6.45, 7) is 0. The second-order valence-electron chi connectivity index (χ2n) is 5.42. The average molecular weight is 364 g/mol. The smallest absolute Gasteiger partial charge is 0.246 e. The Balaban J connectivity index is 2.01. The molecule has 7 heteroatoms. The van der Waals surface area contributed by atoms with Crippen LogP contribution < -0.4 is 0 Å². The number of hydrogen-bond acceptors (Lipinski definition) is 3. The molecule has 0 aromatic heterocycles. The van der Waals surface area contributed by atoms with Crippen LogP contribution in [-0.4, -0.2) is 36.0 Å². The Morgan fingerprint density at radius 3 is 2.40 bits per heavy atom. The minimum atomic E-state index is -3.84. The lowest BCUT2D eigenvalue weighted by Gasteiger charge is -2.36. The van der Waals surface area contributed by atoms with Crippen LogP contribution in [0.2, 0.25) is 0 Å². The molecule has 2 unspecified atom stereocenters. The molecular formula is C13H15BrFNO3S. The standard InChI is InChI=1S/C13H15BrFNO3S/c14-8-1-4-13(12(15)5-8)20(18,19)16-9-2-3-10(16)7-11(17)6-9/h1,4-5,9-11,17H,2-3,6-7H2. The number of benzene rings is 1. The molecule has 4 nitrogen and oxygen atoms in total. The van der Waals surface area contributed by atoms with Crippen molar-refractivity contribution in [3.05, 3.63) is 28.5 Å². The van der Waals surface area contributed by atoms with Crippen LogP contribution in [0.4, 0.5) is 4.39 Å². The molecule has 2 saturated heterocycles. The molecular weight excluding hydrogens is 349 g/mol. The minimum Gasteiger partial charge on any atom is -0.393 e. The van der Waals surface area contributed by atoms with E-state index in [9.17, 15) is 17.9 Å². The summed E-state index contributed by atoms with van der Waals surface area (Å²) in [4.78, 5) is -0.283. The van der Waals surface area contributed by atoms with E-state index < -0.39 is 21.9 Å². The fourth-order valence-electron chi connectivity index (χ4n) is 3.30. The highest BCUT2D eigenvalue weighted by molar-refractivity contribution is 9.10. The van der Waals surface area contributed by atoms with Gasteiger partial charge >= 0.3 is 0 Å². The molecule has 3 rings (SSSR count). The van der Waals surface area contributed by atoms with E-state index in [1.165, 1.54) is 16.4 Å². The van der Waals surface area contributed by atoms with Gasteiger partial charge in [-0.1, -0.05) is 15.9 Å². The summed E-state index contributed by atoms with van der Waals surface area (Å²) in [6, 6.07) is 3.55. The third-order valence-electron chi connectivity index (χ3n) is 4.09. The van der Waals surface area contributed by atoms with Crippen molar-refractivity contribution in [1.29, 1.82) is 0 Å². The average Bonchev–Trinajstić information content (AvgIpc) is 2.62. The number of halogens is 2. The zero-order chi connectivity index (χ0) is 14.5. The van der Waals surface area contributed by atoms with E-state index in [4.69, 9.17) is 0 Å². The summed E-state index contributed by atoms with van der Waals surface area (Å²) in [5, 5.41) is 9.73.